The molecule has 0 unspecified atom stereocenters. The van der Waals surface area contributed by atoms with E-state index in [1.807, 2.05) is 6.07 Å². The van der Waals surface area contributed by atoms with E-state index in [2.05, 4.69) is 35.9 Å². The normalized spacial score (nSPS) is 10.7. The van der Waals surface area contributed by atoms with Gasteiger partial charge in [-0.15, -0.1) is 11.3 Å². The Morgan fingerprint density at radius 3 is 2.71 bits per heavy atom. The fourth-order valence-electron chi connectivity index (χ4n) is 1.83. The van der Waals surface area contributed by atoms with Crippen LogP contribution in [0.15, 0.2) is 18.2 Å². The van der Waals surface area contributed by atoms with Crippen LogP contribution in [0.4, 0.5) is 0 Å². The van der Waals surface area contributed by atoms with E-state index in [-0.39, 0.29) is 0 Å². The molecule has 0 atom stereocenters. The standard InChI is InChI=1S/C12H14N2S3/c1-3-14(4-2)11(15)8-6-5-7-9-10(8)13-12(16)17-9/h5-7H,3-4H2,1-2H3,(H,13,16). The van der Waals surface area contributed by atoms with Gasteiger partial charge >= 0.3 is 0 Å². The summed E-state index contributed by atoms with van der Waals surface area (Å²) < 4.78 is 1.97. The van der Waals surface area contributed by atoms with E-state index in [1.54, 1.807) is 11.3 Å². The monoisotopic (exact) mass is 282 g/mol. The van der Waals surface area contributed by atoms with Gasteiger partial charge in [0.25, 0.3) is 0 Å². The van der Waals surface area contributed by atoms with E-state index in [1.165, 1.54) is 4.70 Å². The Hall–Kier alpha value is -0.780. The highest BCUT2D eigenvalue weighted by Gasteiger charge is 2.12. The van der Waals surface area contributed by atoms with Crippen molar-refractivity contribution >= 4 is 51.0 Å². The third kappa shape index (κ3) is 2.41. The zero-order valence-electron chi connectivity index (χ0n) is 9.82. The molecule has 5 heteroatoms. The molecule has 1 N–H and O–H groups in total. The number of fused-ring (bicyclic) bond motifs is 1. The molecular weight excluding hydrogens is 268 g/mol. The lowest BCUT2D eigenvalue weighted by molar-refractivity contribution is 0.475. The van der Waals surface area contributed by atoms with E-state index in [0.29, 0.717) is 0 Å². The van der Waals surface area contributed by atoms with E-state index < -0.39 is 0 Å². The van der Waals surface area contributed by atoms with Crippen molar-refractivity contribution in [3.63, 3.8) is 0 Å². The molecular formula is C12H14N2S3. The van der Waals surface area contributed by atoms with Crippen molar-refractivity contribution in [2.45, 2.75) is 13.8 Å². The average molecular weight is 282 g/mol. The van der Waals surface area contributed by atoms with Crippen LogP contribution in [-0.2, 0) is 0 Å². The summed E-state index contributed by atoms with van der Waals surface area (Å²) in [4.78, 5) is 6.30. The van der Waals surface area contributed by atoms with Crippen LogP contribution in [0.3, 0.4) is 0 Å². The molecule has 17 heavy (non-hydrogen) atoms. The van der Waals surface area contributed by atoms with Gasteiger partial charge in [0, 0.05) is 18.7 Å². The number of H-pyrrole nitrogens is 1. The Morgan fingerprint density at radius 2 is 2.06 bits per heavy atom. The van der Waals surface area contributed by atoms with Gasteiger partial charge in [-0.25, -0.2) is 0 Å². The molecule has 0 aliphatic rings. The van der Waals surface area contributed by atoms with E-state index in [4.69, 9.17) is 24.4 Å². The molecule has 2 nitrogen and oxygen atoms in total. The summed E-state index contributed by atoms with van der Waals surface area (Å²) in [6.07, 6.45) is 0. The van der Waals surface area contributed by atoms with Crippen LogP contribution >= 0.6 is 35.8 Å². The molecule has 90 valence electrons. The molecule has 0 amide bonds. The Labute approximate surface area is 115 Å². The van der Waals surface area contributed by atoms with E-state index in [0.717, 1.165) is 33.1 Å². The number of aromatic nitrogens is 1. The minimum atomic E-state index is 0.801. The van der Waals surface area contributed by atoms with Crippen molar-refractivity contribution in [2.24, 2.45) is 0 Å². The van der Waals surface area contributed by atoms with Crippen molar-refractivity contribution in [3.05, 3.63) is 27.7 Å². The van der Waals surface area contributed by atoms with Crippen molar-refractivity contribution in [1.82, 2.24) is 9.88 Å². The van der Waals surface area contributed by atoms with E-state index in [9.17, 15) is 0 Å². The molecule has 2 aromatic rings. The first-order valence-corrected chi connectivity index (χ1v) is 7.21. The lowest BCUT2D eigenvalue weighted by Gasteiger charge is -2.22. The molecule has 0 radical (unpaired) electrons. The number of benzene rings is 1. The van der Waals surface area contributed by atoms with Crippen LogP contribution in [0.1, 0.15) is 19.4 Å². The molecule has 0 saturated carbocycles. The second kappa shape index (κ2) is 5.25. The lowest BCUT2D eigenvalue weighted by atomic mass is 10.2. The summed E-state index contributed by atoms with van der Waals surface area (Å²) in [7, 11) is 0. The number of hydrogen-bond donors (Lipinski definition) is 1. The topological polar surface area (TPSA) is 19.0 Å². The Morgan fingerprint density at radius 1 is 1.35 bits per heavy atom. The van der Waals surface area contributed by atoms with Gasteiger partial charge < -0.3 is 9.88 Å². The highest BCUT2D eigenvalue weighted by atomic mass is 32.1. The van der Waals surface area contributed by atoms with Crippen LogP contribution in [0, 0.1) is 3.95 Å². The number of thiazole rings is 1. The predicted octanol–water partition coefficient (Wildman–Crippen LogP) is 3.98. The average Bonchev–Trinajstić information content (AvgIpc) is 2.70. The summed E-state index contributed by atoms with van der Waals surface area (Å²) in [6, 6.07) is 6.16. The smallest absolute Gasteiger partial charge is 0.159 e. The summed E-state index contributed by atoms with van der Waals surface area (Å²) >= 11 is 12.3. The molecule has 1 aromatic heterocycles. The Balaban J connectivity index is 2.55. The molecule has 1 aromatic carbocycles. The van der Waals surface area contributed by atoms with Gasteiger partial charge in [-0.05, 0) is 38.2 Å². The Bertz CT molecular complexity index is 593. The van der Waals surface area contributed by atoms with Crippen molar-refractivity contribution in [2.75, 3.05) is 13.1 Å². The number of aromatic amines is 1. The van der Waals surface area contributed by atoms with Crippen LogP contribution in [0.2, 0.25) is 0 Å². The number of nitrogens with zero attached hydrogens (tertiary/aromatic N) is 1. The molecule has 0 aliphatic carbocycles. The van der Waals surface area contributed by atoms with Gasteiger partial charge in [0.2, 0.25) is 0 Å². The molecule has 0 aliphatic heterocycles. The number of rotatable bonds is 3. The van der Waals surface area contributed by atoms with Crippen molar-refractivity contribution < 1.29 is 0 Å². The van der Waals surface area contributed by atoms with Crippen molar-refractivity contribution in [1.29, 1.82) is 0 Å². The molecule has 2 rings (SSSR count). The van der Waals surface area contributed by atoms with E-state index >= 15 is 0 Å². The van der Waals surface area contributed by atoms with Crippen molar-refractivity contribution in [3.8, 4) is 0 Å². The summed E-state index contributed by atoms with van der Waals surface area (Å²) in [6.45, 7) is 6.09. The highest BCUT2D eigenvalue weighted by Crippen LogP contribution is 2.24. The zero-order valence-corrected chi connectivity index (χ0v) is 12.3. The first-order chi connectivity index (χ1) is 8.17. The number of nitrogens with one attached hydrogen (secondary N) is 1. The summed E-state index contributed by atoms with van der Waals surface area (Å²) in [5.74, 6) is 0. The lowest BCUT2D eigenvalue weighted by Crippen LogP contribution is -2.29. The third-order valence-electron chi connectivity index (χ3n) is 2.74. The molecule has 0 fully saturated rings. The minimum Gasteiger partial charge on any atom is -0.363 e. The number of thiocarbonyl (C=S) groups is 1. The third-order valence-corrected chi connectivity index (χ3v) is 4.41. The fourth-order valence-corrected chi connectivity index (χ4v) is 3.39. The van der Waals surface area contributed by atoms with Gasteiger partial charge in [-0.2, -0.15) is 0 Å². The minimum absolute atomic E-state index is 0.801. The van der Waals surface area contributed by atoms with Crippen LogP contribution in [0.5, 0.6) is 0 Å². The van der Waals surface area contributed by atoms with Gasteiger partial charge in [0.1, 0.15) is 4.99 Å². The fraction of sp³-hybridized carbons (Fsp3) is 0.333. The van der Waals surface area contributed by atoms with Gasteiger partial charge in [0.05, 0.1) is 10.2 Å². The maximum Gasteiger partial charge on any atom is 0.159 e. The quantitative estimate of drug-likeness (QED) is 0.859. The molecule has 0 spiro atoms. The molecule has 0 bridgehead atoms. The largest absolute Gasteiger partial charge is 0.363 e. The molecule has 1 heterocycles. The maximum atomic E-state index is 5.55. The first kappa shape index (κ1) is 12.7. The van der Waals surface area contributed by atoms with Gasteiger partial charge in [-0.3, -0.25) is 0 Å². The van der Waals surface area contributed by atoms with Gasteiger partial charge in [-0.1, -0.05) is 18.3 Å². The van der Waals surface area contributed by atoms with Crippen LogP contribution < -0.4 is 0 Å². The highest BCUT2D eigenvalue weighted by molar-refractivity contribution is 7.80. The van der Waals surface area contributed by atoms with Crippen LogP contribution in [0.25, 0.3) is 10.2 Å². The second-order valence-corrected chi connectivity index (χ2v) is 5.78. The van der Waals surface area contributed by atoms with Crippen LogP contribution in [-0.4, -0.2) is 28.0 Å². The predicted molar refractivity (Wildman–Crippen MR) is 81.6 cm³/mol. The zero-order chi connectivity index (χ0) is 12.4. The van der Waals surface area contributed by atoms with Gasteiger partial charge in [0.15, 0.2) is 3.95 Å². The number of hydrogen-bond acceptors (Lipinski definition) is 3. The first-order valence-electron chi connectivity index (χ1n) is 5.58. The summed E-state index contributed by atoms with van der Waals surface area (Å²) in [5.41, 5.74) is 2.15. The summed E-state index contributed by atoms with van der Waals surface area (Å²) in [5, 5.41) is 0. The second-order valence-electron chi connectivity index (χ2n) is 3.67. The maximum absolute atomic E-state index is 5.55. The SMILES string of the molecule is CCN(CC)C(=S)c1cccc2sc(=S)[nH]c12. The number of para-hydroxylation sites is 1. The molecule has 0 saturated heterocycles. The Kier molecular flexibility index (Phi) is 3.91.